The van der Waals surface area contributed by atoms with Crippen LogP contribution in [0.1, 0.15) is 20.8 Å². The summed E-state index contributed by atoms with van der Waals surface area (Å²) >= 11 is 1.52. The molecule has 1 fully saturated rings. The lowest BCUT2D eigenvalue weighted by Gasteiger charge is -2.34. The Morgan fingerprint density at radius 2 is 1.95 bits per heavy atom. The lowest BCUT2D eigenvalue weighted by Crippen LogP contribution is -2.48. The zero-order valence-corrected chi connectivity index (χ0v) is 13.1. The maximum absolute atomic E-state index is 12.3. The third-order valence-electron chi connectivity index (χ3n) is 3.88. The van der Waals surface area contributed by atoms with Gasteiger partial charge in [-0.3, -0.25) is 9.69 Å². The van der Waals surface area contributed by atoms with E-state index in [4.69, 9.17) is 0 Å². The maximum atomic E-state index is 12.3. The highest BCUT2D eigenvalue weighted by atomic mass is 32.1. The van der Waals surface area contributed by atoms with Crippen LogP contribution in [0.4, 0.5) is 0 Å². The Hall–Kier alpha value is -1.65. The molecule has 1 saturated heterocycles. The van der Waals surface area contributed by atoms with Gasteiger partial charge in [-0.25, -0.2) is 0 Å². The normalized spacial score (nSPS) is 16.1. The van der Waals surface area contributed by atoms with E-state index in [-0.39, 0.29) is 5.91 Å². The van der Waals surface area contributed by atoms with E-state index in [2.05, 4.69) is 36.1 Å². The summed E-state index contributed by atoms with van der Waals surface area (Å²) < 4.78 is 0. The lowest BCUT2D eigenvalue weighted by molar-refractivity contribution is 0.0633. The summed E-state index contributed by atoms with van der Waals surface area (Å²) in [6, 6.07) is 12.5. The second-order valence-corrected chi connectivity index (χ2v) is 6.48. The Morgan fingerprint density at radius 3 is 2.62 bits per heavy atom. The van der Waals surface area contributed by atoms with Crippen LogP contribution in [0.25, 0.3) is 0 Å². The predicted molar refractivity (Wildman–Crippen MR) is 86.7 cm³/mol. The average Bonchev–Trinajstić information content (AvgIpc) is 3.01. The molecule has 4 heteroatoms. The second-order valence-electron chi connectivity index (χ2n) is 5.53. The van der Waals surface area contributed by atoms with Gasteiger partial charge < -0.3 is 4.90 Å². The third kappa shape index (κ3) is 3.52. The zero-order chi connectivity index (χ0) is 14.7. The number of carbonyl (C=O) groups excluding carboxylic acids is 1. The molecule has 0 aliphatic carbocycles. The van der Waals surface area contributed by atoms with Crippen LogP contribution in [0.3, 0.4) is 0 Å². The lowest BCUT2D eigenvalue weighted by atomic mass is 10.1. The number of piperazine rings is 1. The molecule has 0 saturated carbocycles. The first-order valence-corrected chi connectivity index (χ1v) is 8.21. The van der Waals surface area contributed by atoms with Crippen molar-refractivity contribution in [3.8, 4) is 0 Å². The molecule has 0 unspecified atom stereocenters. The number of benzene rings is 1. The SMILES string of the molecule is Cc1cccc(CN2CCN(C(=O)c3cccs3)CC2)c1. The number of thiophene rings is 1. The van der Waals surface area contributed by atoms with Crippen molar-refractivity contribution in [2.24, 2.45) is 0 Å². The molecule has 1 aliphatic rings. The molecular weight excluding hydrogens is 280 g/mol. The minimum Gasteiger partial charge on any atom is -0.335 e. The summed E-state index contributed by atoms with van der Waals surface area (Å²) in [4.78, 5) is 17.5. The van der Waals surface area contributed by atoms with Crippen LogP contribution in [-0.4, -0.2) is 41.9 Å². The van der Waals surface area contributed by atoms with Gasteiger partial charge in [-0.2, -0.15) is 0 Å². The monoisotopic (exact) mass is 300 g/mol. The zero-order valence-electron chi connectivity index (χ0n) is 12.3. The van der Waals surface area contributed by atoms with Crippen LogP contribution in [0.5, 0.6) is 0 Å². The molecule has 110 valence electrons. The van der Waals surface area contributed by atoms with Gasteiger partial charge in [-0.05, 0) is 23.9 Å². The van der Waals surface area contributed by atoms with Crippen molar-refractivity contribution in [3.63, 3.8) is 0 Å². The smallest absolute Gasteiger partial charge is 0.264 e. The number of nitrogens with zero attached hydrogens (tertiary/aromatic N) is 2. The van der Waals surface area contributed by atoms with Gasteiger partial charge in [0.2, 0.25) is 0 Å². The summed E-state index contributed by atoms with van der Waals surface area (Å²) in [5, 5.41) is 1.96. The van der Waals surface area contributed by atoms with E-state index in [9.17, 15) is 4.79 Å². The van der Waals surface area contributed by atoms with E-state index in [0.717, 1.165) is 37.6 Å². The van der Waals surface area contributed by atoms with Crippen LogP contribution in [0, 0.1) is 6.92 Å². The minimum absolute atomic E-state index is 0.181. The number of hydrogen-bond acceptors (Lipinski definition) is 3. The number of aryl methyl sites for hydroxylation is 1. The van der Waals surface area contributed by atoms with Gasteiger partial charge in [0.15, 0.2) is 0 Å². The van der Waals surface area contributed by atoms with Gasteiger partial charge in [-0.1, -0.05) is 35.9 Å². The molecular formula is C17H20N2OS. The molecule has 2 aromatic rings. The molecule has 1 amide bonds. The summed E-state index contributed by atoms with van der Waals surface area (Å²) in [7, 11) is 0. The highest BCUT2D eigenvalue weighted by Crippen LogP contribution is 2.15. The quantitative estimate of drug-likeness (QED) is 0.870. The van der Waals surface area contributed by atoms with Crippen molar-refractivity contribution >= 4 is 17.2 Å². The van der Waals surface area contributed by atoms with Gasteiger partial charge >= 0.3 is 0 Å². The summed E-state index contributed by atoms with van der Waals surface area (Å²) in [5.41, 5.74) is 2.66. The van der Waals surface area contributed by atoms with E-state index in [1.54, 1.807) is 0 Å². The van der Waals surface area contributed by atoms with Crippen molar-refractivity contribution in [2.45, 2.75) is 13.5 Å². The highest BCUT2D eigenvalue weighted by molar-refractivity contribution is 7.12. The third-order valence-corrected chi connectivity index (χ3v) is 4.74. The Labute approximate surface area is 129 Å². The van der Waals surface area contributed by atoms with E-state index in [1.165, 1.54) is 22.5 Å². The first kappa shape index (κ1) is 14.3. The van der Waals surface area contributed by atoms with Crippen molar-refractivity contribution in [1.29, 1.82) is 0 Å². The van der Waals surface area contributed by atoms with Crippen LogP contribution in [0.2, 0.25) is 0 Å². The van der Waals surface area contributed by atoms with Crippen molar-refractivity contribution < 1.29 is 4.79 Å². The molecule has 0 spiro atoms. The molecule has 0 N–H and O–H groups in total. The number of carbonyl (C=O) groups is 1. The first-order valence-electron chi connectivity index (χ1n) is 7.33. The standard InChI is InChI=1S/C17H20N2OS/c1-14-4-2-5-15(12-14)13-18-7-9-19(10-8-18)17(20)16-6-3-11-21-16/h2-6,11-12H,7-10,13H2,1H3. The number of rotatable bonds is 3. The summed E-state index contributed by atoms with van der Waals surface area (Å²) in [6.07, 6.45) is 0. The fraction of sp³-hybridized carbons (Fsp3) is 0.353. The van der Waals surface area contributed by atoms with Gasteiger partial charge in [0.05, 0.1) is 4.88 Å². The fourth-order valence-corrected chi connectivity index (χ4v) is 3.42. The summed E-state index contributed by atoms with van der Waals surface area (Å²) in [6.45, 7) is 6.64. The van der Waals surface area contributed by atoms with Gasteiger partial charge in [0.25, 0.3) is 5.91 Å². The molecule has 1 aromatic heterocycles. The summed E-state index contributed by atoms with van der Waals surface area (Å²) in [5.74, 6) is 0.181. The van der Waals surface area contributed by atoms with Crippen molar-refractivity contribution in [3.05, 3.63) is 57.8 Å². The minimum atomic E-state index is 0.181. The molecule has 3 rings (SSSR count). The van der Waals surface area contributed by atoms with Crippen LogP contribution in [0.15, 0.2) is 41.8 Å². The van der Waals surface area contributed by atoms with Crippen LogP contribution >= 0.6 is 11.3 Å². The van der Waals surface area contributed by atoms with E-state index in [0.29, 0.717) is 0 Å². The molecule has 3 nitrogen and oxygen atoms in total. The van der Waals surface area contributed by atoms with Gasteiger partial charge in [-0.15, -0.1) is 11.3 Å². The number of hydrogen-bond donors (Lipinski definition) is 0. The topological polar surface area (TPSA) is 23.6 Å². The van der Waals surface area contributed by atoms with Gasteiger partial charge in [0, 0.05) is 32.7 Å². The van der Waals surface area contributed by atoms with E-state index >= 15 is 0 Å². The second kappa shape index (κ2) is 6.41. The van der Waals surface area contributed by atoms with Crippen LogP contribution < -0.4 is 0 Å². The Bertz CT molecular complexity index is 601. The molecule has 0 bridgehead atoms. The molecule has 0 radical (unpaired) electrons. The first-order chi connectivity index (χ1) is 10.2. The molecule has 2 heterocycles. The molecule has 1 aromatic carbocycles. The fourth-order valence-electron chi connectivity index (χ4n) is 2.73. The highest BCUT2D eigenvalue weighted by Gasteiger charge is 2.22. The maximum Gasteiger partial charge on any atom is 0.264 e. The Kier molecular flexibility index (Phi) is 4.36. The molecule has 1 aliphatic heterocycles. The largest absolute Gasteiger partial charge is 0.335 e. The Morgan fingerprint density at radius 1 is 1.14 bits per heavy atom. The van der Waals surface area contributed by atoms with E-state index in [1.807, 2.05) is 22.4 Å². The molecule has 0 atom stereocenters. The van der Waals surface area contributed by atoms with Crippen LogP contribution in [-0.2, 0) is 6.54 Å². The Balaban J connectivity index is 1.54. The van der Waals surface area contributed by atoms with E-state index < -0.39 is 0 Å². The number of amides is 1. The van der Waals surface area contributed by atoms with Crippen molar-refractivity contribution in [2.75, 3.05) is 26.2 Å². The van der Waals surface area contributed by atoms with Gasteiger partial charge in [0.1, 0.15) is 0 Å². The predicted octanol–water partition coefficient (Wildman–Crippen LogP) is 3.01. The van der Waals surface area contributed by atoms with Crippen molar-refractivity contribution in [1.82, 2.24) is 9.80 Å². The molecule has 21 heavy (non-hydrogen) atoms. The average molecular weight is 300 g/mol.